The van der Waals surface area contributed by atoms with Crippen molar-refractivity contribution in [3.63, 3.8) is 0 Å². The number of amides is 1. The Morgan fingerprint density at radius 3 is 2.71 bits per heavy atom. The minimum Gasteiger partial charge on any atom is -0.490 e. The number of aliphatic hydroxyl groups excluding tert-OH is 1. The summed E-state index contributed by atoms with van der Waals surface area (Å²) in [5.74, 6) is 0.204. The molecule has 0 fully saturated rings. The van der Waals surface area contributed by atoms with Gasteiger partial charge >= 0.3 is 0 Å². The van der Waals surface area contributed by atoms with Gasteiger partial charge < -0.3 is 15.2 Å². The standard InChI is InChI=1S/C18H24N2O3S/c1-12-7-5-6-8-14(12)23-10-13(21)17(22)19-9-16-20-15(11-24-16)18(2,3)4/h5-8,11,13,21H,9-10H2,1-4H3,(H,19,22)/t13-/m0/s1. The number of ether oxygens (including phenoxy) is 1. The number of benzene rings is 1. The minimum absolute atomic E-state index is 0.0142. The van der Waals surface area contributed by atoms with Gasteiger partial charge in [-0.2, -0.15) is 0 Å². The molecule has 2 rings (SSSR count). The van der Waals surface area contributed by atoms with Crippen molar-refractivity contribution in [2.45, 2.75) is 45.8 Å². The summed E-state index contributed by atoms with van der Waals surface area (Å²) in [6.45, 7) is 8.42. The number of nitrogens with one attached hydrogen (secondary N) is 1. The van der Waals surface area contributed by atoms with Crippen LogP contribution in [0.1, 0.15) is 37.0 Å². The van der Waals surface area contributed by atoms with Crippen LogP contribution in [0.3, 0.4) is 0 Å². The fraction of sp³-hybridized carbons (Fsp3) is 0.444. The Balaban J connectivity index is 1.81. The van der Waals surface area contributed by atoms with Gasteiger partial charge in [0.2, 0.25) is 0 Å². The number of nitrogens with zero attached hydrogens (tertiary/aromatic N) is 1. The average molecular weight is 348 g/mol. The molecule has 2 aromatic rings. The van der Waals surface area contributed by atoms with Crippen LogP contribution < -0.4 is 10.1 Å². The Bertz CT molecular complexity index is 692. The molecule has 0 bridgehead atoms. The first-order valence-electron chi connectivity index (χ1n) is 7.86. The molecule has 0 unspecified atom stereocenters. The molecule has 2 N–H and O–H groups in total. The zero-order valence-corrected chi connectivity index (χ0v) is 15.3. The first-order valence-corrected chi connectivity index (χ1v) is 8.74. The van der Waals surface area contributed by atoms with Crippen molar-refractivity contribution >= 4 is 17.2 Å². The molecule has 1 aromatic carbocycles. The quantitative estimate of drug-likeness (QED) is 0.842. The van der Waals surface area contributed by atoms with Crippen LogP contribution >= 0.6 is 11.3 Å². The second-order valence-corrected chi connectivity index (χ2v) is 7.63. The van der Waals surface area contributed by atoms with Gasteiger partial charge in [0.15, 0.2) is 6.10 Å². The lowest BCUT2D eigenvalue weighted by molar-refractivity contribution is -0.130. The number of aryl methyl sites for hydroxylation is 1. The van der Waals surface area contributed by atoms with Crippen LogP contribution in [0.2, 0.25) is 0 Å². The summed E-state index contributed by atoms with van der Waals surface area (Å²) >= 11 is 1.50. The van der Waals surface area contributed by atoms with Crippen molar-refractivity contribution in [2.75, 3.05) is 6.61 Å². The van der Waals surface area contributed by atoms with Crippen molar-refractivity contribution in [3.05, 3.63) is 45.9 Å². The molecule has 0 spiro atoms. The van der Waals surface area contributed by atoms with Crippen LogP contribution in [0.4, 0.5) is 0 Å². The normalized spacial score (nSPS) is 12.7. The van der Waals surface area contributed by atoms with Gasteiger partial charge in [0, 0.05) is 10.8 Å². The number of rotatable bonds is 6. The molecule has 6 heteroatoms. The number of para-hydroxylation sites is 1. The second-order valence-electron chi connectivity index (χ2n) is 6.69. The van der Waals surface area contributed by atoms with Crippen LogP contribution in [0.5, 0.6) is 5.75 Å². The second kappa shape index (κ2) is 7.77. The van der Waals surface area contributed by atoms with E-state index in [1.165, 1.54) is 11.3 Å². The largest absolute Gasteiger partial charge is 0.490 e. The lowest BCUT2D eigenvalue weighted by Gasteiger charge is -2.14. The highest BCUT2D eigenvalue weighted by atomic mass is 32.1. The Morgan fingerprint density at radius 1 is 1.38 bits per heavy atom. The zero-order valence-electron chi connectivity index (χ0n) is 14.5. The highest BCUT2D eigenvalue weighted by Crippen LogP contribution is 2.23. The van der Waals surface area contributed by atoms with Gasteiger partial charge in [-0.1, -0.05) is 39.0 Å². The van der Waals surface area contributed by atoms with Crippen molar-refractivity contribution < 1.29 is 14.6 Å². The van der Waals surface area contributed by atoms with Gasteiger partial charge in [-0.15, -0.1) is 11.3 Å². The third-order valence-corrected chi connectivity index (χ3v) is 4.38. The van der Waals surface area contributed by atoms with Gasteiger partial charge in [0.25, 0.3) is 5.91 Å². The number of hydrogen-bond donors (Lipinski definition) is 2. The molecule has 130 valence electrons. The maximum Gasteiger partial charge on any atom is 0.252 e. The van der Waals surface area contributed by atoms with E-state index < -0.39 is 12.0 Å². The maximum absolute atomic E-state index is 12.0. The van der Waals surface area contributed by atoms with Crippen LogP contribution in [0.25, 0.3) is 0 Å². The van der Waals surface area contributed by atoms with Crippen LogP contribution in [0.15, 0.2) is 29.6 Å². The molecule has 0 aliphatic rings. The topological polar surface area (TPSA) is 71.5 Å². The van der Waals surface area contributed by atoms with Gasteiger partial charge in [-0.25, -0.2) is 4.98 Å². The van der Waals surface area contributed by atoms with E-state index in [2.05, 4.69) is 31.1 Å². The molecule has 5 nitrogen and oxygen atoms in total. The molecule has 0 aliphatic carbocycles. The Morgan fingerprint density at radius 2 is 2.08 bits per heavy atom. The highest BCUT2D eigenvalue weighted by molar-refractivity contribution is 7.09. The molecule has 1 atom stereocenters. The van der Waals surface area contributed by atoms with Gasteiger partial charge in [-0.05, 0) is 18.6 Å². The third-order valence-electron chi connectivity index (χ3n) is 3.53. The molecule has 1 amide bonds. The molecule has 0 radical (unpaired) electrons. The van der Waals surface area contributed by atoms with E-state index in [-0.39, 0.29) is 12.0 Å². The highest BCUT2D eigenvalue weighted by Gasteiger charge is 2.19. The number of hydrogen-bond acceptors (Lipinski definition) is 5. The fourth-order valence-corrected chi connectivity index (χ4v) is 2.94. The van der Waals surface area contributed by atoms with Crippen molar-refractivity contribution in [2.24, 2.45) is 0 Å². The van der Waals surface area contributed by atoms with Crippen LogP contribution in [-0.2, 0) is 16.8 Å². The fourth-order valence-electron chi connectivity index (χ4n) is 1.98. The number of thiazole rings is 1. The summed E-state index contributed by atoms with van der Waals surface area (Å²) < 4.78 is 5.50. The van der Waals surface area contributed by atoms with E-state index in [1.54, 1.807) is 0 Å². The summed E-state index contributed by atoms with van der Waals surface area (Å²) in [4.78, 5) is 16.5. The first kappa shape index (κ1) is 18.4. The Hall–Kier alpha value is -1.92. The van der Waals surface area contributed by atoms with Crippen LogP contribution in [0, 0.1) is 6.92 Å². The van der Waals surface area contributed by atoms with Crippen LogP contribution in [-0.4, -0.2) is 28.7 Å². The Kier molecular flexibility index (Phi) is 5.96. The molecule has 0 aliphatic heterocycles. The van der Waals surface area contributed by atoms with E-state index >= 15 is 0 Å². The summed E-state index contributed by atoms with van der Waals surface area (Å²) in [6, 6.07) is 7.48. The summed E-state index contributed by atoms with van der Waals surface area (Å²) in [5, 5.41) is 15.4. The molecule has 0 saturated carbocycles. The lowest BCUT2D eigenvalue weighted by Crippen LogP contribution is -2.37. The molecule has 24 heavy (non-hydrogen) atoms. The molecule has 1 aromatic heterocycles. The summed E-state index contributed by atoms with van der Waals surface area (Å²) in [7, 11) is 0. The molecule has 0 saturated heterocycles. The van der Waals surface area contributed by atoms with Crippen molar-refractivity contribution in [3.8, 4) is 5.75 Å². The first-order chi connectivity index (χ1) is 11.3. The monoisotopic (exact) mass is 348 g/mol. The van der Waals surface area contributed by atoms with Crippen molar-refractivity contribution in [1.82, 2.24) is 10.3 Å². The van der Waals surface area contributed by atoms with Gasteiger partial charge in [0.1, 0.15) is 17.4 Å². The molecular formula is C18H24N2O3S. The van der Waals surface area contributed by atoms with Crippen molar-refractivity contribution in [1.29, 1.82) is 0 Å². The van der Waals surface area contributed by atoms with E-state index in [1.807, 2.05) is 36.6 Å². The third kappa shape index (κ3) is 5.04. The van der Waals surface area contributed by atoms with E-state index in [0.717, 1.165) is 16.3 Å². The minimum atomic E-state index is -1.22. The smallest absolute Gasteiger partial charge is 0.252 e. The molecular weight excluding hydrogens is 324 g/mol. The average Bonchev–Trinajstić information content (AvgIpc) is 3.00. The van der Waals surface area contributed by atoms with Gasteiger partial charge in [0.05, 0.1) is 12.2 Å². The zero-order chi connectivity index (χ0) is 17.7. The maximum atomic E-state index is 12.0. The van der Waals surface area contributed by atoms with E-state index in [9.17, 15) is 9.90 Å². The van der Waals surface area contributed by atoms with E-state index in [4.69, 9.17) is 4.74 Å². The SMILES string of the molecule is Cc1ccccc1OC[C@H](O)C(=O)NCc1nc(C(C)(C)C)cs1. The van der Waals surface area contributed by atoms with Gasteiger partial charge in [-0.3, -0.25) is 4.79 Å². The number of aromatic nitrogens is 1. The Labute approximate surface area is 146 Å². The van der Waals surface area contributed by atoms with E-state index in [0.29, 0.717) is 12.3 Å². The predicted molar refractivity (Wildman–Crippen MR) is 95.3 cm³/mol. The number of aliphatic hydroxyl groups is 1. The predicted octanol–water partition coefficient (Wildman–Crippen LogP) is 2.81. The molecule has 1 heterocycles. The number of carbonyl (C=O) groups excluding carboxylic acids is 1. The summed E-state index contributed by atoms with van der Waals surface area (Å²) in [5.41, 5.74) is 1.95. The number of carbonyl (C=O) groups is 1. The lowest BCUT2D eigenvalue weighted by atomic mass is 9.93. The summed E-state index contributed by atoms with van der Waals surface area (Å²) in [6.07, 6.45) is -1.22.